The second kappa shape index (κ2) is 7.46. The smallest absolute Gasteiger partial charge is 0.335 e. The number of hydrogen-bond donors (Lipinski definition) is 3. The van der Waals surface area contributed by atoms with Gasteiger partial charge in [-0.05, 0) is 30.7 Å². The van der Waals surface area contributed by atoms with Crippen LogP contribution in [0.5, 0.6) is 0 Å². The molecule has 0 aliphatic heterocycles. The molecule has 138 valence electrons. The van der Waals surface area contributed by atoms with Crippen LogP contribution < -0.4 is 5.32 Å². The Bertz CT molecular complexity index is 1060. The van der Waals surface area contributed by atoms with Gasteiger partial charge >= 0.3 is 5.97 Å². The van der Waals surface area contributed by atoms with Crippen molar-refractivity contribution in [2.24, 2.45) is 0 Å². The van der Waals surface area contributed by atoms with Gasteiger partial charge in [-0.25, -0.2) is 9.78 Å². The number of amides is 1. The molecule has 27 heavy (non-hydrogen) atoms. The Hall–Kier alpha value is -3.40. The summed E-state index contributed by atoms with van der Waals surface area (Å²) in [4.78, 5) is 40.7. The molecule has 3 rings (SSSR count). The summed E-state index contributed by atoms with van der Waals surface area (Å²) in [5.74, 6) is -1.35. The third kappa shape index (κ3) is 4.23. The number of hydrogen-bond acceptors (Lipinski definition) is 6. The number of nitro groups is 1. The molecule has 9 nitrogen and oxygen atoms in total. The molecule has 0 saturated heterocycles. The van der Waals surface area contributed by atoms with Gasteiger partial charge in [-0.2, -0.15) is 0 Å². The fourth-order valence-electron chi connectivity index (χ4n) is 2.37. The van der Waals surface area contributed by atoms with E-state index in [1.165, 1.54) is 30.3 Å². The van der Waals surface area contributed by atoms with Crippen LogP contribution in [-0.2, 0) is 4.79 Å². The number of aromatic nitrogens is 2. The van der Waals surface area contributed by atoms with Gasteiger partial charge in [0.1, 0.15) is 0 Å². The van der Waals surface area contributed by atoms with Crippen LogP contribution in [0, 0.1) is 17.0 Å². The van der Waals surface area contributed by atoms with Gasteiger partial charge in [0.2, 0.25) is 5.91 Å². The third-order valence-electron chi connectivity index (χ3n) is 3.75. The highest BCUT2D eigenvalue weighted by Gasteiger charge is 2.13. The van der Waals surface area contributed by atoms with E-state index in [0.717, 1.165) is 17.3 Å². The summed E-state index contributed by atoms with van der Waals surface area (Å²) in [6, 6.07) is 8.78. The molecule has 1 aromatic heterocycles. The number of imidazole rings is 1. The minimum atomic E-state index is -1.07. The van der Waals surface area contributed by atoms with E-state index in [0.29, 0.717) is 21.9 Å². The summed E-state index contributed by atoms with van der Waals surface area (Å²) < 4.78 is 0. The lowest BCUT2D eigenvalue weighted by Gasteiger charge is -2.08. The molecule has 0 aliphatic rings. The van der Waals surface area contributed by atoms with E-state index in [2.05, 4.69) is 15.3 Å². The lowest BCUT2D eigenvalue weighted by atomic mass is 10.1. The molecule has 0 spiro atoms. The minimum absolute atomic E-state index is 0.0403. The molecular weight excluding hydrogens is 372 g/mol. The molecule has 3 aromatic rings. The lowest BCUT2D eigenvalue weighted by Crippen LogP contribution is -2.15. The number of anilines is 1. The van der Waals surface area contributed by atoms with E-state index in [-0.39, 0.29) is 22.9 Å². The Balaban J connectivity index is 1.67. The van der Waals surface area contributed by atoms with Crippen molar-refractivity contribution in [3.05, 3.63) is 57.6 Å². The molecule has 3 N–H and O–H groups in total. The fourth-order valence-corrected chi connectivity index (χ4v) is 3.05. The second-order valence-electron chi connectivity index (χ2n) is 5.67. The van der Waals surface area contributed by atoms with E-state index in [1.54, 1.807) is 13.0 Å². The van der Waals surface area contributed by atoms with E-state index in [1.807, 2.05) is 0 Å². The number of non-ortho nitro benzene ring substituents is 1. The van der Waals surface area contributed by atoms with E-state index < -0.39 is 10.9 Å². The number of rotatable bonds is 6. The number of fused-ring (bicyclic) bond motifs is 1. The molecule has 0 atom stereocenters. The van der Waals surface area contributed by atoms with E-state index in [9.17, 15) is 19.7 Å². The highest BCUT2D eigenvalue weighted by Crippen LogP contribution is 2.24. The standard InChI is InChI=1S/C17H14N4O5S/c1-9-2-3-10(16(23)24)6-13(9)18-15(22)8-27-17-19-12-5-4-11(21(25)26)7-14(12)20-17/h2-7H,8H2,1H3,(H,18,22)(H,19,20)(H,23,24). The number of benzene rings is 2. The number of carboxylic acids is 1. The average molecular weight is 386 g/mol. The van der Waals surface area contributed by atoms with Crippen molar-refractivity contribution in [3.63, 3.8) is 0 Å². The highest BCUT2D eigenvalue weighted by atomic mass is 32.2. The molecule has 0 bridgehead atoms. The van der Waals surface area contributed by atoms with Crippen LogP contribution in [0.3, 0.4) is 0 Å². The number of aryl methyl sites for hydroxylation is 1. The number of aromatic amines is 1. The number of thioether (sulfide) groups is 1. The number of carboxylic acid groups (broad SMARTS) is 1. The lowest BCUT2D eigenvalue weighted by molar-refractivity contribution is -0.384. The van der Waals surface area contributed by atoms with Gasteiger partial charge in [-0.15, -0.1) is 0 Å². The van der Waals surface area contributed by atoms with Crippen LogP contribution in [0.2, 0.25) is 0 Å². The minimum Gasteiger partial charge on any atom is -0.478 e. The van der Waals surface area contributed by atoms with Crippen molar-refractivity contribution < 1.29 is 19.6 Å². The van der Waals surface area contributed by atoms with Crippen molar-refractivity contribution in [2.45, 2.75) is 12.1 Å². The molecule has 1 amide bonds. The molecule has 0 saturated carbocycles. The van der Waals surface area contributed by atoms with Crippen molar-refractivity contribution in [1.82, 2.24) is 9.97 Å². The van der Waals surface area contributed by atoms with Gasteiger partial charge in [0.25, 0.3) is 5.69 Å². The Labute approximate surface area is 157 Å². The van der Waals surface area contributed by atoms with Crippen molar-refractivity contribution in [2.75, 3.05) is 11.1 Å². The quantitative estimate of drug-likeness (QED) is 0.336. The van der Waals surface area contributed by atoms with Gasteiger partial charge in [0.15, 0.2) is 5.16 Å². The molecule has 0 radical (unpaired) electrons. The summed E-state index contributed by atoms with van der Waals surface area (Å²) in [6.45, 7) is 1.76. The maximum atomic E-state index is 12.2. The summed E-state index contributed by atoms with van der Waals surface area (Å²) in [6.07, 6.45) is 0. The molecule has 10 heteroatoms. The van der Waals surface area contributed by atoms with E-state index in [4.69, 9.17) is 5.11 Å². The van der Waals surface area contributed by atoms with Crippen LogP contribution in [-0.4, -0.2) is 37.6 Å². The van der Waals surface area contributed by atoms with Crippen LogP contribution in [0.4, 0.5) is 11.4 Å². The van der Waals surface area contributed by atoms with Crippen molar-refractivity contribution in [1.29, 1.82) is 0 Å². The zero-order valence-electron chi connectivity index (χ0n) is 14.1. The summed E-state index contributed by atoms with van der Waals surface area (Å²) >= 11 is 1.14. The molecular formula is C17H14N4O5S. The van der Waals surface area contributed by atoms with E-state index >= 15 is 0 Å². The molecule has 0 aliphatic carbocycles. The Morgan fingerprint density at radius 2 is 2.07 bits per heavy atom. The number of nitro benzene ring substituents is 1. The monoisotopic (exact) mass is 386 g/mol. The summed E-state index contributed by atoms with van der Waals surface area (Å²) in [5.41, 5.74) is 2.29. The first-order chi connectivity index (χ1) is 12.8. The Morgan fingerprint density at radius 3 is 2.78 bits per heavy atom. The first-order valence-corrected chi connectivity index (χ1v) is 8.73. The van der Waals surface area contributed by atoms with Crippen molar-refractivity contribution in [3.8, 4) is 0 Å². The SMILES string of the molecule is Cc1ccc(C(=O)O)cc1NC(=O)CSc1nc2ccc([N+](=O)[O-])cc2[nH]1. The predicted molar refractivity (Wildman–Crippen MR) is 100 cm³/mol. The number of aromatic carboxylic acids is 1. The summed E-state index contributed by atoms with van der Waals surface area (Å²) in [5, 5.41) is 23.0. The Morgan fingerprint density at radius 1 is 1.30 bits per heavy atom. The fraction of sp³-hybridized carbons (Fsp3) is 0.118. The largest absolute Gasteiger partial charge is 0.478 e. The number of nitrogens with one attached hydrogen (secondary N) is 2. The van der Waals surface area contributed by atoms with Crippen LogP contribution in [0.25, 0.3) is 11.0 Å². The van der Waals surface area contributed by atoms with Gasteiger partial charge in [0, 0.05) is 17.8 Å². The topological polar surface area (TPSA) is 138 Å². The highest BCUT2D eigenvalue weighted by molar-refractivity contribution is 7.99. The van der Waals surface area contributed by atoms with Gasteiger partial charge in [-0.1, -0.05) is 17.8 Å². The predicted octanol–water partition coefficient (Wildman–Crippen LogP) is 3.21. The first-order valence-electron chi connectivity index (χ1n) is 7.74. The zero-order chi connectivity index (χ0) is 19.6. The number of carbonyl (C=O) groups excluding carboxylic acids is 1. The molecule has 0 unspecified atom stereocenters. The molecule has 1 heterocycles. The summed E-state index contributed by atoms with van der Waals surface area (Å²) in [7, 11) is 0. The zero-order valence-corrected chi connectivity index (χ0v) is 14.9. The normalized spacial score (nSPS) is 10.7. The second-order valence-corrected chi connectivity index (χ2v) is 6.64. The number of H-pyrrole nitrogens is 1. The average Bonchev–Trinajstić information content (AvgIpc) is 3.03. The first kappa shape index (κ1) is 18.4. The maximum absolute atomic E-state index is 12.2. The van der Waals surface area contributed by atoms with Crippen LogP contribution in [0.15, 0.2) is 41.6 Å². The Kier molecular flexibility index (Phi) is 5.08. The van der Waals surface area contributed by atoms with Gasteiger partial charge < -0.3 is 15.4 Å². The van der Waals surface area contributed by atoms with Gasteiger partial charge in [-0.3, -0.25) is 14.9 Å². The van der Waals surface area contributed by atoms with Gasteiger partial charge in [0.05, 0.1) is 27.3 Å². The maximum Gasteiger partial charge on any atom is 0.335 e. The third-order valence-corrected chi connectivity index (χ3v) is 4.63. The molecule has 2 aromatic carbocycles. The van der Waals surface area contributed by atoms with Crippen LogP contribution in [0.1, 0.15) is 15.9 Å². The number of carbonyl (C=O) groups is 2. The number of nitrogens with zero attached hydrogens (tertiary/aromatic N) is 2. The van der Waals surface area contributed by atoms with Crippen molar-refractivity contribution >= 4 is 46.0 Å². The van der Waals surface area contributed by atoms with Crippen LogP contribution >= 0.6 is 11.8 Å². The molecule has 0 fully saturated rings.